The van der Waals surface area contributed by atoms with Crippen LogP contribution < -0.4 is 0 Å². The van der Waals surface area contributed by atoms with Gasteiger partial charge in [0.2, 0.25) is 0 Å². The lowest BCUT2D eigenvalue weighted by molar-refractivity contribution is 0.402. The molecule has 2 saturated carbocycles. The molecule has 26 heavy (non-hydrogen) atoms. The van der Waals surface area contributed by atoms with Crippen LogP contribution in [0, 0.1) is 26.7 Å². The van der Waals surface area contributed by atoms with Gasteiger partial charge in [-0.1, -0.05) is 35.6 Å². The van der Waals surface area contributed by atoms with Gasteiger partial charge in [0.25, 0.3) is 0 Å². The van der Waals surface area contributed by atoms with Crippen LogP contribution in [0.4, 0.5) is 0 Å². The maximum Gasteiger partial charge on any atom is 0.0123 e. The fraction of sp³-hybridized carbons (Fsp3) is 0.615. The molecule has 2 fully saturated rings. The standard InChI is InChI=1S/C26H36/c1-16-15-24-25(18(3)17(16)2)19(4)20(5)26(24)23-14-10-9-13-22(23)21-11-7-6-8-12-21/h15,23,26H,6-14H2,1-5H3. The van der Waals surface area contributed by atoms with Gasteiger partial charge in [0.05, 0.1) is 0 Å². The summed E-state index contributed by atoms with van der Waals surface area (Å²) in [6, 6.07) is 2.54. The summed E-state index contributed by atoms with van der Waals surface area (Å²) in [4.78, 5) is 0. The predicted molar refractivity (Wildman–Crippen MR) is 114 cm³/mol. The van der Waals surface area contributed by atoms with Gasteiger partial charge in [-0.05, 0) is 119 Å². The van der Waals surface area contributed by atoms with Crippen molar-refractivity contribution in [1.82, 2.24) is 0 Å². The van der Waals surface area contributed by atoms with Gasteiger partial charge in [-0.2, -0.15) is 0 Å². The Hall–Kier alpha value is -1.30. The van der Waals surface area contributed by atoms with E-state index in [2.05, 4.69) is 40.7 Å². The molecule has 0 amide bonds. The molecular formula is C26H36. The fourth-order valence-corrected chi connectivity index (χ4v) is 6.18. The molecule has 2 unspecified atom stereocenters. The van der Waals surface area contributed by atoms with Crippen LogP contribution in [0.1, 0.15) is 105 Å². The van der Waals surface area contributed by atoms with Crippen molar-refractivity contribution in [2.75, 3.05) is 0 Å². The molecule has 0 aromatic heterocycles. The first-order valence-electron chi connectivity index (χ1n) is 11.0. The van der Waals surface area contributed by atoms with E-state index in [1.165, 1.54) is 74.5 Å². The summed E-state index contributed by atoms with van der Waals surface area (Å²) in [6.45, 7) is 11.8. The fourth-order valence-electron chi connectivity index (χ4n) is 6.18. The van der Waals surface area contributed by atoms with E-state index in [1.807, 2.05) is 11.1 Å². The number of fused-ring (bicyclic) bond motifs is 1. The van der Waals surface area contributed by atoms with E-state index in [4.69, 9.17) is 0 Å². The Morgan fingerprint density at radius 3 is 2.19 bits per heavy atom. The number of hydrogen-bond donors (Lipinski definition) is 0. The van der Waals surface area contributed by atoms with Crippen LogP contribution in [0.3, 0.4) is 0 Å². The van der Waals surface area contributed by atoms with Crippen molar-refractivity contribution in [2.24, 2.45) is 5.92 Å². The molecule has 3 aliphatic rings. The van der Waals surface area contributed by atoms with Crippen molar-refractivity contribution in [1.29, 1.82) is 0 Å². The van der Waals surface area contributed by atoms with Crippen molar-refractivity contribution in [3.63, 3.8) is 0 Å². The van der Waals surface area contributed by atoms with Gasteiger partial charge in [-0.25, -0.2) is 0 Å². The van der Waals surface area contributed by atoms with Crippen LogP contribution in [-0.2, 0) is 0 Å². The van der Waals surface area contributed by atoms with Crippen molar-refractivity contribution in [3.8, 4) is 0 Å². The maximum absolute atomic E-state index is 2.54. The lowest BCUT2D eigenvalue weighted by Gasteiger charge is -2.35. The summed E-state index contributed by atoms with van der Waals surface area (Å²) >= 11 is 0. The Morgan fingerprint density at radius 2 is 1.46 bits per heavy atom. The molecule has 0 heteroatoms. The molecule has 1 aromatic carbocycles. The summed E-state index contributed by atoms with van der Waals surface area (Å²) < 4.78 is 0. The Labute approximate surface area is 160 Å². The largest absolute Gasteiger partial charge is 0.0707 e. The Morgan fingerprint density at radius 1 is 0.769 bits per heavy atom. The first-order chi connectivity index (χ1) is 12.5. The topological polar surface area (TPSA) is 0 Å². The average Bonchev–Trinajstić information content (AvgIpc) is 2.91. The van der Waals surface area contributed by atoms with Crippen molar-refractivity contribution in [3.05, 3.63) is 50.6 Å². The Bertz CT molecular complexity index is 779. The first kappa shape index (κ1) is 18.1. The quantitative estimate of drug-likeness (QED) is 0.452. The minimum Gasteiger partial charge on any atom is -0.0707 e. The van der Waals surface area contributed by atoms with Crippen molar-refractivity contribution in [2.45, 2.75) is 98.3 Å². The molecule has 140 valence electrons. The van der Waals surface area contributed by atoms with Gasteiger partial charge in [0.1, 0.15) is 0 Å². The second-order valence-corrected chi connectivity index (χ2v) is 9.24. The zero-order valence-corrected chi connectivity index (χ0v) is 17.6. The van der Waals surface area contributed by atoms with Crippen molar-refractivity contribution < 1.29 is 0 Å². The van der Waals surface area contributed by atoms with Gasteiger partial charge >= 0.3 is 0 Å². The molecular weight excluding hydrogens is 312 g/mol. The molecule has 0 bridgehead atoms. The maximum atomic E-state index is 2.54. The van der Waals surface area contributed by atoms with Crippen LogP contribution in [0.5, 0.6) is 0 Å². The van der Waals surface area contributed by atoms with E-state index in [0.29, 0.717) is 5.92 Å². The normalized spacial score (nSPS) is 26.5. The molecule has 0 aliphatic heterocycles. The summed E-state index contributed by atoms with van der Waals surface area (Å²) in [7, 11) is 0. The van der Waals surface area contributed by atoms with E-state index >= 15 is 0 Å². The number of aryl methyl sites for hydroxylation is 1. The zero-order valence-electron chi connectivity index (χ0n) is 17.6. The number of benzene rings is 1. The lowest BCUT2D eigenvalue weighted by atomic mass is 9.69. The minimum atomic E-state index is 0.646. The number of allylic oxidation sites excluding steroid dienone is 4. The molecule has 0 spiro atoms. The Balaban J connectivity index is 1.83. The second-order valence-electron chi connectivity index (χ2n) is 9.24. The van der Waals surface area contributed by atoms with Gasteiger partial charge in [0, 0.05) is 5.92 Å². The molecule has 0 saturated heterocycles. The molecule has 2 atom stereocenters. The van der Waals surface area contributed by atoms with Gasteiger partial charge in [-0.15, -0.1) is 0 Å². The molecule has 4 rings (SSSR count). The van der Waals surface area contributed by atoms with Crippen LogP contribution in [0.15, 0.2) is 22.8 Å². The summed E-state index contributed by atoms with van der Waals surface area (Å²) in [5, 5.41) is 0. The van der Waals surface area contributed by atoms with E-state index in [-0.39, 0.29) is 0 Å². The van der Waals surface area contributed by atoms with E-state index < -0.39 is 0 Å². The smallest absolute Gasteiger partial charge is 0.0123 e. The summed E-state index contributed by atoms with van der Waals surface area (Å²) in [6.07, 6.45) is 12.7. The molecule has 0 heterocycles. The monoisotopic (exact) mass is 348 g/mol. The van der Waals surface area contributed by atoms with E-state index in [0.717, 1.165) is 5.92 Å². The second kappa shape index (κ2) is 7.02. The highest BCUT2D eigenvalue weighted by atomic mass is 14.4. The van der Waals surface area contributed by atoms with Crippen LogP contribution >= 0.6 is 0 Å². The third kappa shape index (κ3) is 2.81. The molecule has 0 nitrogen and oxygen atoms in total. The first-order valence-corrected chi connectivity index (χ1v) is 11.0. The van der Waals surface area contributed by atoms with Gasteiger partial charge < -0.3 is 0 Å². The highest BCUT2D eigenvalue weighted by molar-refractivity contribution is 5.80. The number of rotatable bonds is 1. The highest BCUT2D eigenvalue weighted by Crippen LogP contribution is 2.53. The summed E-state index contributed by atoms with van der Waals surface area (Å²) in [5.74, 6) is 1.42. The van der Waals surface area contributed by atoms with Crippen molar-refractivity contribution >= 4 is 5.57 Å². The third-order valence-electron chi connectivity index (χ3n) is 7.93. The molecule has 0 N–H and O–H groups in total. The zero-order chi connectivity index (χ0) is 18.4. The van der Waals surface area contributed by atoms with E-state index in [1.54, 1.807) is 22.3 Å². The van der Waals surface area contributed by atoms with Crippen LogP contribution in [-0.4, -0.2) is 0 Å². The molecule has 1 aromatic rings. The molecule has 3 aliphatic carbocycles. The predicted octanol–water partition coefficient (Wildman–Crippen LogP) is 7.95. The third-order valence-corrected chi connectivity index (χ3v) is 7.93. The van der Waals surface area contributed by atoms with E-state index in [9.17, 15) is 0 Å². The van der Waals surface area contributed by atoms with Crippen LogP contribution in [0.25, 0.3) is 5.57 Å². The van der Waals surface area contributed by atoms with Gasteiger partial charge in [0.15, 0.2) is 0 Å². The summed E-state index contributed by atoms with van der Waals surface area (Å²) in [5.41, 5.74) is 14.7. The van der Waals surface area contributed by atoms with Crippen LogP contribution in [0.2, 0.25) is 0 Å². The average molecular weight is 349 g/mol. The highest BCUT2D eigenvalue weighted by Gasteiger charge is 2.37. The number of hydrogen-bond acceptors (Lipinski definition) is 0. The molecule has 0 radical (unpaired) electrons. The minimum absolute atomic E-state index is 0.646. The lowest BCUT2D eigenvalue weighted by Crippen LogP contribution is -2.21. The SMILES string of the molecule is CC1=C(C)C(C2CCCCC2=C2CCCCC2)c2cc(C)c(C)c(C)c21. The Kier molecular flexibility index (Phi) is 4.88. The van der Waals surface area contributed by atoms with Gasteiger partial charge in [-0.3, -0.25) is 0 Å².